The number of carbonyl (C=O) groups is 1. The van der Waals surface area contributed by atoms with Crippen LogP contribution in [0.15, 0.2) is 78.9 Å². The van der Waals surface area contributed by atoms with Crippen molar-refractivity contribution in [3.8, 4) is 0 Å². The van der Waals surface area contributed by atoms with E-state index in [0.717, 1.165) is 25.8 Å². The maximum Gasteiger partial charge on any atom is 0.335 e. The third kappa shape index (κ3) is 4.71. The molecule has 0 amide bonds. The Hall–Kier alpha value is -3.11. The largest absolute Gasteiger partial charge is 0.478 e. The molecule has 5 rings (SSSR count). The lowest BCUT2D eigenvalue weighted by Crippen LogP contribution is -2.46. The molecule has 0 aromatic heterocycles. The summed E-state index contributed by atoms with van der Waals surface area (Å²) in [7, 11) is 0. The van der Waals surface area contributed by atoms with Gasteiger partial charge in [-0.2, -0.15) is 0 Å². The van der Waals surface area contributed by atoms with E-state index in [9.17, 15) is 4.79 Å². The molecule has 4 heteroatoms. The van der Waals surface area contributed by atoms with E-state index in [0.29, 0.717) is 23.7 Å². The lowest BCUT2D eigenvalue weighted by molar-refractivity contribution is 0.0696. The second kappa shape index (κ2) is 9.17. The molecule has 3 aromatic carbocycles. The molecule has 2 N–H and O–H groups in total. The van der Waals surface area contributed by atoms with Gasteiger partial charge in [0.25, 0.3) is 0 Å². The minimum atomic E-state index is -0.864. The number of hydrogen-bond donors (Lipinski definition) is 2. The molecule has 2 heterocycles. The molecular weight excluding hydrogens is 396 g/mol. The fourth-order valence-electron chi connectivity index (χ4n) is 5.40. The number of anilines is 1. The first-order valence-corrected chi connectivity index (χ1v) is 11.6. The summed E-state index contributed by atoms with van der Waals surface area (Å²) < 4.78 is 0. The zero-order valence-electron chi connectivity index (χ0n) is 18.3. The van der Waals surface area contributed by atoms with Crippen LogP contribution in [-0.4, -0.2) is 34.1 Å². The second-order valence-electron chi connectivity index (χ2n) is 9.23. The molecule has 32 heavy (non-hydrogen) atoms. The topological polar surface area (TPSA) is 52.6 Å². The number of nitrogens with one attached hydrogen (secondary N) is 1. The number of carboxylic acids is 1. The predicted molar refractivity (Wildman–Crippen MR) is 128 cm³/mol. The predicted octanol–water partition coefficient (Wildman–Crippen LogP) is 5.58. The van der Waals surface area contributed by atoms with E-state index in [2.05, 4.69) is 64.8 Å². The Kier molecular flexibility index (Phi) is 5.95. The third-order valence-electron chi connectivity index (χ3n) is 7.03. The van der Waals surface area contributed by atoms with Crippen molar-refractivity contribution in [2.75, 3.05) is 5.32 Å². The Morgan fingerprint density at radius 3 is 2.03 bits per heavy atom. The maximum atomic E-state index is 11.1. The van der Waals surface area contributed by atoms with Crippen molar-refractivity contribution in [2.45, 2.75) is 56.8 Å². The van der Waals surface area contributed by atoms with E-state index in [-0.39, 0.29) is 0 Å². The molecule has 1 unspecified atom stereocenters. The van der Waals surface area contributed by atoms with Crippen molar-refractivity contribution in [1.29, 1.82) is 0 Å². The maximum absolute atomic E-state index is 11.1. The molecule has 4 nitrogen and oxygen atoms in total. The summed E-state index contributed by atoms with van der Waals surface area (Å²) in [6.07, 6.45) is 5.81. The van der Waals surface area contributed by atoms with Crippen molar-refractivity contribution >= 4 is 11.7 Å². The van der Waals surface area contributed by atoms with Crippen LogP contribution in [0.2, 0.25) is 0 Å². The molecule has 2 fully saturated rings. The Balaban J connectivity index is 1.17. The van der Waals surface area contributed by atoms with Crippen molar-refractivity contribution in [3.05, 3.63) is 101 Å². The van der Waals surface area contributed by atoms with Gasteiger partial charge in [0.1, 0.15) is 0 Å². The van der Waals surface area contributed by atoms with Crippen LogP contribution < -0.4 is 5.32 Å². The molecule has 2 aliphatic heterocycles. The van der Waals surface area contributed by atoms with Gasteiger partial charge in [-0.1, -0.05) is 54.6 Å². The monoisotopic (exact) mass is 426 g/mol. The summed E-state index contributed by atoms with van der Waals surface area (Å²) in [5.74, 6) is -0.864. The number of nitrogens with zero attached hydrogens (tertiary/aromatic N) is 1. The van der Waals surface area contributed by atoms with Gasteiger partial charge in [-0.05, 0) is 73.1 Å². The Morgan fingerprint density at radius 2 is 1.41 bits per heavy atom. The van der Waals surface area contributed by atoms with Gasteiger partial charge in [-0.25, -0.2) is 4.79 Å². The van der Waals surface area contributed by atoms with Crippen LogP contribution in [0.1, 0.15) is 52.7 Å². The highest BCUT2D eigenvalue weighted by Gasteiger charge is 2.40. The van der Waals surface area contributed by atoms with Crippen LogP contribution in [0.25, 0.3) is 0 Å². The molecule has 0 aliphatic carbocycles. The van der Waals surface area contributed by atoms with Crippen LogP contribution in [0, 0.1) is 0 Å². The minimum Gasteiger partial charge on any atom is -0.478 e. The van der Waals surface area contributed by atoms with Crippen molar-refractivity contribution in [1.82, 2.24) is 4.90 Å². The average Bonchev–Trinajstić information content (AvgIpc) is 3.03. The smallest absolute Gasteiger partial charge is 0.335 e. The van der Waals surface area contributed by atoms with E-state index in [1.54, 1.807) is 12.1 Å². The number of carboxylic acid groups (broad SMARTS) is 1. The van der Waals surface area contributed by atoms with Crippen LogP contribution in [-0.2, 0) is 13.0 Å². The van der Waals surface area contributed by atoms with Gasteiger partial charge in [0.15, 0.2) is 0 Å². The fraction of sp³-hybridized carbons (Fsp3) is 0.321. The van der Waals surface area contributed by atoms with Crippen LogP contribution in [0.4, 0.5) is 5.69 Å². The number of fused-ring (bicyclic) bond motifs is 2. The molecule has 2 bridgehead atoms. The van der Waals surface area contributed by atoms with E-state index in [1.165, 1.54) is 35.2 Å². The molecule has 3 atom stereocenters. The second-order valence-corrected chi connectivity index (χ2v) is 9.23. The highest BCUT2D eigenvalue weighted by atomic mass is 16.4. The number of rotatable bonds is 7. The van der Waals surface area contributed by atoms with Gasteiger partial charge in [0.2, 0.25) is 0 Å². The first kappa shape index (κ1) is 20.8. The lowest BCUT2D eigenvalue weighted by atomic mass is 9.96. The van der Waals surface area contributed by atoms with Gasteiger partial charge in [-0.15, -0.1) is 0 Å². The van der Waals surface area contributed by atoms with Crippen LogP contribution >= 0.6 is 0 Å². The van der Waals surface area contributed by atoms with Crippen molar-refractivity contribution in [2.24, 2.45) is 0 Å². The first-order valence-electron chi connectivity index (χ1n) is 11.6. The molecule has 3 aromatic rings. The summed E-state index contributed by atoms with van der Waals surface area (Å²) in [6.45, 7) is 0.913. The Morgan fingerprint density at radius 1 is 0.812 bits per heavy atom. The van der Waals surface area contributed by atoms with Gasteiger partial charge < -0.3 is 10.4 Å². The number of benzene rings is 3. The zero-order chi connectivity index (χ0) is 21.9. The van der Waals surface area contributed by atoms with Gasteiger partial charge in [0.05, 0.1) is 5.56 Å². The lowest BCUT2D eigenvalue weighted by Gasteiger charge is -2.39. The van der Waals surface area contributed by atoms with Crippen molar-refractivity contribution < 1.29 is 9.90 Å². The third-order valence-corrected chi connectivity index (χ3v) is 7.03. The standard InChI is InChI=1S/C28H30N2O2/c31-28(32)23-10-6-22(7-11-23)19-30-26-14-15-27(30)18-25(17-26)29-24-12-8-21(9-13-24)16-20-4-2-1-3-5-20/h1-13,25-27,29H,14-19H2,(H,31,32)/t25?,26-,27+. The summed E-state index contributed by atoms with van der Waals surface area (Å²) in [4.78, 5) is 13.7. The summed E-state index contributed by atoms with van der Waals surface area (Å²) in [6, 6.07) is 28.6. The molecule has 2 saturated heterocycles. The summed E-state index contributed by atoms with van der Waals surface area (Å²) >= 11 is 0. The average molecular weight is 427 g/mol. The molecule has 2 aliphatic rings. The van der Waals surface area contributed by atoms with E-state index in [4.69, 9.17) is 5.11 Å². The molecule has 0 radical (unpaired) electrons. The normalized spacial score (nSPS) is 22.6. The van der Waals surface area contributed by atoms with Gasteiger partial charge in [0, 0.05) is 30.4 Å². The molecule has 164 valence electrons. The molecule has 0 saturated carbocycles. The number of hydrogen-bond acceptors (Lipinski definition) is 3. The Bertz CT molecular complexity index is 1030. The summed E-state index contributed by atoms with van der Waals surface area (Å²) in [5, 5.41) is 12.9. The zero-order valence-corrected chi connectivity index (χ0v) is 18.3. The quantitative estimate of drug-likeness (QED) is 0.518. The minimum absolute atomic E-state index is 0.356. The number of aromatic carboxylic acids is 1. The highest BCUT2D eigenvalue weighted by Crippen LogP contribution is 2.38. The van der Waals surface area contributed by atoms with Crippen LogP contribution in [0.5, 0.6) is 0 Å². The van der Waals surface area contributed by atoms with Crippen molar-refractivity contribution in [3.63, 3.8) is 0 Å². The highest BCUT2D eigenvalue weighted by molar-refractivity contribution is 5.87. The fourth-order valence-corrected chi connectivity index (χ4v) is 5.40. The SMILES string of the molecule is O=C(O)c1ccc(CN2[C@@H]3CC[C@H]2CC(Nc2ccc(Cc4ccccc4)cc2)C3)cc1. The van der Waals surface area contributed by atoms with E-state index < -0.39 is 5.97 Å². The first-order chi connectivity index (χ1) is 15.6. The van der Waals surface area contributed by atoms with E-state index in [1.807, 2.05) is 12.1 Å². The van der Waals surface area contributed by atoms with Crippen LogP contribution in [0.3, 0.4) is 0 Å². The summed E-state index contributed by atoms with van der Waals surface area (Å²) in [5.41, 5.74) is 5.45. The van der Waals surface area contributed by atoms with Gasteiger partial charge in [-0.3, -0.25) is 4.90 Å². The van der Waals surface area contributed by atoms with E-state index >= 15 is 0 Å². The van der Waals surface area contributed by atoms with Gasteiger partial charge >= 0.3 is 5.97 Å². The molecular formula is C28H30N2O2. The number of piperidine rings is 1. The molecule has 0 spiro atoms. The Labute approximate surface area is 189 Å².